The number of aryl methyl sites for hydroxylation is 1. The van der Waals surface area contributed by atoms with Gasteiger partial charge in [0.25, 0.3) is 0 Å². The Bertz CT molecular complexity index is 474. The fourth-order valence-electron chi connectivity index (χ4n) is 3.37. The summed E-state index contributed by atoms with van der Waals surface area (Å²) in [4.78, 5) is 4.69. The van der Waals surface area contributed by atoms with Gasteiger partial charge in [-0.1, -0.05) is 13.8 Å². The number of likely N-dealkylation sites (N-methyl/N-ethyl adjacent to an activating group) is 2. The fourth-order valence-corrected chi connectivity index (χ4v) is 3.37. The van der Waals surface area contributed by atoms with Crippen LogP contribution in [-0.4, -0.2) is 48.3 Å². The Morgan fingerprint density at radius 3 is 2.57 bits per heavy atom. The third kappa shape index (κ3) is 3.35. The zero-order chi connectivity index (χ0) is 15.4. The second-order valence-electron chi connectivity index (χ2n) is 6.01. The highest BCUT2D eigenvalue weighted by Crippen LogP contribution is 2.26. The predicted octanol–water partition coefficient (Wildman–Crippen LogP) is 1.59. The molecular weight excluding hydrogens is 262 g/mol. The molecule has 118 valence electrons. The second-order valence-corrected chi connectivity index (χ2v) is 6.01. The molecule has 0 saturated carbocycles. The Labute approximate surface area is 128 Å². The summed E-state index contributed by atoms with van der Waals surface area (Å²) in [6.07, 6.45) is 4.34. The highest BCUT2D eigenvalue weighted by Gasteiger charge is 2.25. The van der Waals surface area contributed by atoms with E-state index in [9.17, 15) is 0 Å². The molecule has 0 aromatic carbocycles. The maximum atomic E-state index is 6.04. The molecule has 5 nitrogen and oxygen atoms in total. The Kier molecular flexibility index (Phi) is 5.53. The van der Waals surface area contributed by atoms with E-state index in [2.05, 4.69) is 47.9 Å². The Balaban J connectivity index is 2.33. The van der Waals surface area contributed by atoms with Crippen molar-refractivity contribution in [1.82, 2.24) is 15.1 Å². The molecule has 0 aliphatic carbocycles. The van der Waals surface area contributed by atoms with Crippen molar-refractivity contribution in [2.24, 2.45) is 5.73 Å². The summed E-state index contributed by atoms with van der Waals surface area (Å²) < 4.78 is 0. The van der Waals surface area contributed by atoms with Crippen molar-refractivity contribution in [2.75, 3.05) is 32.1 Å². The maximum absolute atomic E-state index is 6.04. The summed E-state index contributed by atoms with van der Waals surface area (Å²) in [7, 11) is 4.32. The number of nitrogens with two attached hydrogens (primary N) is 1. The highest BCUT2D eigenvalue weighted by atomic mass is 15.3. The van der Waals surface area contributed by atoms with E-state index >= 15 is 0 Å². The summed E-state index contributed by atoms with van der Waals surface area (Å²) in [5.74, 6) is 0.979. The Morgan fingerprint density at radius 2 is 2.00 bits per heavy atom. The second kappa shape index (κ2) is 7.18. The lowest BCUT2D eigenvalue weighted by Crippen LogP contribution is -2.45. The van der Waals surface area contributed by atoms with Gasteiger partial charge in [-0.05, 0) is 44.8 Å². The first-order chi connectivity index (χ1) is 10.1. The largest absolute Gasteiger partial charge is 0.354 e. The van der Waals surface area contributed by atoms with Crippen molar-refractivity contribution in [3.05, 3.63) is 16.8 Å². The van der Waals surface area contributed by atoms with Gasteiger partial charge in [-0.3, -0.25) is 0 Å². The SMILES string of the molecule is CCc1nnc(N(C)C2CCCN(C)C2)c(CN)c1CC. The molecule has 1 aliphatic heterocycles. The van der Waals surface area contributed by atoms with Crippen LogP contribution in [-0.2, 0) is 19.4 Å². The van der Waals surface area contributed by atoms with Crippen molar-refractivity contribution in [2.45, 2.75) is 52.1 Å². The zero-order valence-electron chi connectivity index (χ0n) is 13.9. The van der Waals surface area contributed by atoms with E-state index in [1.165, 1.54) is 30.5 Å². The average molecular weight is 291 g/mol. The number of aromatic nitrogens is 2. The van der Waals surface area contributed by atoms with E-state index in [0.29, 0.717) is 12.6 Å². The number of piperidine rings is 1. The van der Waals surface area contributed by atoms with Gasteiger partial charge in [0.2, 0.25) is 0 Å². The van der Waals surface area contributed by atoms with Crippen molar-refractivity contribution < 1.29 is 0 Å². The van der Waals surface area contributed by atoms with Gasteiger partial charge in [-0.25, -0.2) is 0 Å². The minimum atomic E-state index is 0.500. The molecule has 2 rings (SSSR count). The van der Waals surface area contributed by atoms with Crippen LogP contribution in [0.5, 0.6) is 0 Å². The lowest BCUT2D eigenvalue weighted by atomic mass is 10.0. The van der Waals surface area contributed by atoms with Crippen LogP contribution in [0.25, 0.3) is 0 Å². The lowest BCUT2D eigenvalue weighted by Gasteiger charge is -2.37. The van der Waals surface area contributed by atoms with E-state index in [1.807, 2.05) is 0 Å². The minimum Gasteiger partial charge on any atom is -0.354 e. The maximum Gasteiger partial charge on any atom is 0.156 e. The molecule has 1 saturated heterocycles. The van der Waals surface area contributed by atoms with Gasteiger partial charge >= 0.3 is 0 Å². The van der Waals surface area contributed by atoms with Crippen LogP contribution in [0.2, 0.25) is 0 Å². The van der Waals surface area contributed by atoms with Gasteiger partial charge in [0.1, 0.15) is 0 Å². The Hall–Kier alpha value is -1.20. The summed E-state index contributed by atoms with van der Waals surface area (Å²) in [6.45, 7) is 7.11. The molecule has 0 spiro atoms. The standard InChI is InChI=1S/C16H29N5/c1-5-13-14(10-17)16(19-18-15(13)6-2)21(4)12-8-7-9-20(3)11-12/h12H,5-11,17H2,1-4H3. The number of nitrogens with zero attached hydrogens (tertiary/aromatic N) is 4. The molecule has 1 fully saturated rings. The number of hydrogen-bond donors (Lipinski definition) is 1. The van der Waals surface area contributed by atoms with Crippen LogP contribution in [0.3, 0.4) is 0 Å². The Morgan fingerprint density at radius 1 is 1.24 bits per heavy atom. The van der Waals surface area contributed by atoms with E-state index in [0.717, 1.165) is 30.9 Å². The number of hydrogen-bond acceptors (Lipinski definition) is 5. The van der Waals surface area contributed by atoms with Gasteiger partial charge in [0, 0.05) is 31.7 Å². The number of anilines is 1. The van der Waals surface area contributed by atoms with Crippen molar-refractivity contribution in [1.29, 1.82) is 0 Å². The van der Waals surface area contributed by atoms with E-state index < -0.39 is 0 Å². The number of likely N-dealkylation sites (tertiary alicyclic amines) is 1. The molecule has 1 aromatic heterocycles. The lowest BCUT2D eigenvalue weighted by molar-refractivity contribution is 0.247. The molecule has 21 heavy (non-hydrogen) atoms. The molecule has 0 amide bonds. The quantitative estimate of drug-likeness (QED) is 0.893. The van der Waals surface area contributed by atoms with Crippen LogP contribution in [0.4, 0.5) is 5.82 Å². The van der Waals surface area contributed by atoms with Gasteiger partial charge in [-0.2, -0.15) is 5.10 Å². The molecule has 2 heterocycles. The summed E-state index contributed by atoms with van der Waals surface area (Å²) in [5.41, 5.74) is 9.61. The van der Waals surface area contributed by atoms with Crippen molar-refractivity contribution in [3.8, 4) is 0 Å². The van der Waals surface area contributed by atoms with Crippen molar-refractivity contribution >= 4 is 5.82 Å². The summed E-state index contributed by atoms with van der Waals surface area (Å²) in [5, 5.41) is 8.96. The monoisotopic (exact) mass is 291 g/mol. The highest BCUT2D eigenvalue weighted by molar-refractivity contribution is 5.51. The van der Waals surface area contributed by atoms with Gasteiger partial charge in [0.15, 0.2) is 5.82 Å². The summed E-state index contributed by atoms with van der Waals surface area (Å²) in [6, 6.07) is 0.500. The first-order valence-electron chi connectivity index (χ1n) is 8.11. The third-order valence-electron chi connectivity index (χ3n) is 4.62. The average Bonchev–Trinajstić information content (AvgIpc) is 2.52. The van der Waals surface area contributed by atoms with E-state index in [1.54, 1.807) is 0 Å². The van der Waals surface area contributed by atoms with E-state index in [-0.39, 0.29) is 0 Å². The fraction of sp³-hybridized carbons (Fsp3) is 0.750. The van der Waals surface area contributed by atoms with Crippen LogP contribution >= 0.6 is 0 Å². The molecule has 0 radical (unpaired) electrons. The van der Waals surface area contributed by atoms with Gasteiger partial charge < -0.3 is 15.5 Å². The van der Waals surface area contributed by atoms with E-state index in [4.69, 9.17) is 5.73 Å². The first-order valence-corrected chi connectivity index (χ1v) is 8.11. The first kappa shape index (κ1) is 16.2. The number of rotatable bonds is 5. The molecule has 0 bridgehead atoms. The predicted molar refractivity (Wildman–Crippen MR) is 87.6 cm³/mol. The molecular formula is C16H29N5. The van der Waals surface area contributed by atoms with Gasteiger partial charge in [0.05, 0.1) is 5.69 Å². The topological polar surface area (TPSA) is 58.3 Å². The van der Waals surface area contributed by atoms with Crippen LogP contribution < -0.4 is 10.6 Å². The van der Waals surface area contributed by atoms with Crippen molar-refractivity contribution in [3.63, 3.8) is 0 Å². The van der Waals surface area contributed by atoms with Crippen LogP contribution in [0, 0.1) is 0 Å². The summed E-state index contributed by atoms with van der Waals surface area (Å²) >= 11 is 0. The molecule has 1 unspecified atom stereocenters. The molecule has 1 atom stereocenters. The zero-order valence-corrected chi connectivity index (χ0v) is 13.9. The minimum absolute atomic E-state index is 0.500. The van der Waals surface area contributed by atoms with Crippen LogP contribution in [0.1, 0.15) is 43.5 Å². The smallest absolute Gasteiger partial charge is 0.156 e. The molecule has 5 heteroatoms. The van der Waals surface area contributed by atoms with Crippen LogP contribution in [0.15, 0.2) is 0 Å². The van der Waals surface area contributed by atoms with Gasteiger partial charge in [-0.15, -0.1) is 5.10 Å². The molecule has 2 N–H and O–H groups in total. The third-order valence-corrected chi connectivity index (χ3v) is 4.62. The molecule has 1 aliphatic rings. The normalized spacial score (nSPS) is 19.8. The molecule has 1 aromatic rings.